The number of benzene rings is 1. The zero-order valence-corrected chi connectivity index (χ0v) is 10.5. The van der Waals surface area contributed by atoms with Crippen LogP contribution in [0.15, 0.2) is 29.2 Å². The third kappa shape index (κ3) is 4.07. The number of hydrogen-bond acceptors (Lipinski definition) is 4. The van der Waals surface area contributed by atoms with Crippen molar-refractivity contribution >= 4 is 23.4 Å². The molecule has 0 fully saturated rings. The summed E-state index contributed by atoms with van der Waals surface area (Å²) in [6.45, 7) is 4.27. The van der Waals surface area contributed by atoms with Gasteiger partial charge in [0.1, 0.15) is 0 Å². The minimum Gasteiger partial charge on any atom is -0.355 e. The van der Waals surface area contributed by atoms with Gasteiger partial charge in [0.25, 0.3) is 5.69 Å². The molecule has 0 radical (unpaired) electrons. The van der Waals surface area contributed by atoms with Gasteiger partial charge in [0, 0.05) is 23.6 Å². The molecule has 0 aliphatic heterocycles. The van der Waals surface area contributed by atoms with E-state index in [0.29, 0.717) is 6.54 Å². The highest BCUT2D eigenvalue weighted by Crippen LogP contribution is 2.25. The molecule has 0 aromatic heterocycles. The van der Waals surface area contributed by atoms with Crippen LogP contribution in [-0.2, 0) is 4.79 Å². The highest BCUT2D eigenvalue weighted by atomic mass is 32.2. The molecule has 0 aliphatic carbocycles. The Hall–Kier alpha value is -1.56. The van der Waals surface area contributed by atoms with Crippen molar-refractivity contribution in [3.63, 3.8) is 0 Å². The van der Waals surface area contributed by atoms with Crippen molar-refractivity contribution in [2.24, 2.45) is 0 Å². The van der Waals surface area contributed by atoms with Gasteiger partial charge in [0.2, 0.25) is 5.91 Å². The Morgan fingerprint density at radius 1 is 1.47 bits per heavy atom. The second-order valence-electron chi connectivity index (χ2n) is 3.41. The van der Waals surface area contributed by atoms with Gasteiger partial charge in [-0.05, 0) is 26.0 Å². The minimum absolute atomic E-state index is 0.0316. The van der Waals surface area contributed by atoms with Crippen LogP contribution in [0.5, 0.6) is 0 Å². The number of hydrogen-bond donors (Lipinski definition) is 1. The second-order valence-corrected chi connectivity index (χ2v) is 4.82. The Balaban J connectivity index is 2.63. The van der Waals surface area contributed by atoms with Crippen molar-refractivity contribution in [1.29, 1.82) is 0 Å². The monoisotopic (exact) mass is 254 g/mol. The first-order chi connectivity index (χ1) is 8.04. The Morgan fingerprint density at radius 3 is 2.53 bits per heavy atom. The number of carbonyl (C=O) groups is 1. The molecule has 6 heteroatoms. The van der Waals surface area contributed by atoms with E-state index in [2.05, 4.69) is 5.32 Å². The van der Waals surface area contributed by atoms with E-state index in [4.69, 9.17) is 0 Å². The molecule has 1 atom stereocenters. The van der Waals surface area contributed by atoms with Crippen molar-refractivity contribution in [1.82, 2.24) is 5.32 Å². The molecule has 0 saturated carbocycles. The van der Waals surface area contributed by atoms with E-state index in [0.717, 1.165) is 4.90 Å². The second kappa shape index (κ2) is 6.24. The van der Waals surface area contributed by atoms with Gasteiger partial charge < -0.3 is 5.32 Å². The van der Waals surface area contributed by atoms with E-state index in [-0.39, 0.29) is 16.8 Å². The third-order valence-electron chi connectivity index (χ3n) is 2.08. The number of rotatable bonds is 5. The largest absolute Gasteiger partial charge is 0.355 e. The van der Waals surface area contributed by atoms with Gasteiger partial charge >= 0.3 is 0 Å². The highest BCUT2D eigenvalue weighted by Gasteiger charge is 2.13. The quantitative estimate of drug-likeness (QED) is 0.497. The van der Waals surface area contributed by atoms with Gasteiger partial charge in [-0.15, -0.1) is 11.8 Å². The normalized spacial score (nSPS) is 11.9. The Bertz CT molecular complexity index is 406. The Morgan fingerprint density at radius 2 is 2.06 bits per heavy atom. The summed E-state index contributed by atoms with van der Waals surface area (Å²) in [7, 11) is 0. The molecule has 1 aromatic rings. The van der Waals surface area contributed by atoms with Gasteiger partial charge in [-0.25, -0.2) is 0 Å². The molecule has 1 amide bonds. The van der Waals surface area contributed by atoms with E-state index in [1.807, 2.05) is 6.92 Å². The summed E-state index contributed by atoms with van der Waals surface area (Å²) in [5, 5.41) is 13.0. The van der Waals surface area contributed by atoms with Crippen LogP contribution in [0, 0.1) is 10.1 Å². The van der Waals surface area contributed by atoms with Crippen molar-refractivity contribution in [3.8, 4) is 0 Å². The topological polar surface area (TPSA) is 72.2 Å². The number of nitro groups is 1. The van der Waals surface area contributed by atoms with Crippen LogP contribution in [0.1, 0.15) is 13.8 Å². The Kier molecular flexibility index (Phi) is 4.96. The summed E-state index contributed by atoms with van der Waals surface area (Å²) in [5.74, 6) is -0.0316. The lowest BCUT2D eigenvalue weighted by atomic mass is 10.3. The first-order valence-corrected chi connectivity index (χ1v) is 6.11. The maximum absolute atomic E-state index is 11.5. The number of nitrogens with zero attached hydrogens (tertiary/aromatic N) is 1. The van der Waals surface area contributed by atoms with E-state index in [9.17, 15) is 14.9 Å². The minimum atomic E-state index is -0.443. The van der Waals surface area contributed by atoms with E-state index in [1.54, 1.807) is 19.1 Å². The summed E-state index contributed by atoms with van der Waals surface area (Å²) in [6.07, 6.45) is 0. The van der Waals surface area contributed by atoms with Gasteiger partial charge in [0.05, 0.1) is 10.2 Å². The maximum Gasteiger partial charge on any atom is 0.269 e. The fourth-order valence-electron chi connectivity index (χ4n) is 1.22. The van der Waals surface area contributed by atoms with Crippen molar-refractivity contribution < 1.29 is 9.72 Å². The Labute approximate surface area is 104 Å². The van der Waals surface area contributed by atoms with E-state index < -0.39 is 4.92 Å². The molecule has 5 nitrogen and oxygen atoms in total. The lowest BCUT2D eigenvalue weighted by Gasteiger charge is -2.10. The molecule has 0 heterocycles. The zero-order chi connectivity index (χ0) is 12.8. The molecule has 0 bridgehead atoms. The lowest BCUT2D eigenvalue weighted by Crippen LogP contribution is -2.30. The van der Waals surface area contributed by atoms with Gasteiger partial charge in [-0.2, -0.15) is 0 Å². The summed E-state index contributed by atoms with van der Waals surface area (Å²) in [6, 6.07) is 6.18. The number of nitro benzene ring substituents is 1. The molecule has 1 unspecified atom stereocenters. The van der Waals surface area contributed by atoms with Crippen LogP contribution in [0.25, 0.3) is 0 Å². The molecule has 92 valence electrons. The fourth-order valence-corrected chi connectivity index (χ4v) is 2.11. The summed E-state index contributed by atoms with van der Waals surface area (Å²) >= 11 is 1.38. The first-order valence-electron chi connectivity index (χ1n) is 5.23. The molecule has 0 aliphatic rings. The number of amides is 1. The van der Waals surface area contributed by atoms with Gasteiger partial charge in [0.15, 0.2) is 0 Å². The maximum atomic E-state index is 11.5. The molecule has 0 spiro atoms. The fraction of sp³-hybridized carbons (Fsp3) is 0.364. The molecule has 1 aromatic carbocycles. The number of nitrogens with one attached hydrogen (secondary N) is 1. The van der Waals surface area contributed by atoms with Crippen molar-refractivity contribution in [2.75, 3.05) is 6.54 Å². The predicted molar refractivity (Wildman–Crippen MR) is 67.1 cm³/mol. The van der Waals surface area contributed by atoms with Crippen molar-refractivity contribution in [2.45, 2.75) is 24.0 Å². The summed E-state index contributed by atoms with van der Waals surface area (Å²) in [4.78, 5) is 22.3. The van der Waals surface area contributed by atoms with Crippen LogP contribution in [0.3, 0.4) is 0 Å². The van der Waals surface area contributed by atoms with Gasteiger partial charge in [-0.3, -0.25) is 14.9 Å². The lowest BCUT2D eigenvalue weighted by molar-refractivity contribution is -0.384. The molecule has 0 saturated heterocycles. The van der Waals surface area contributed by atoms with Crippen LogP contribution < -0.4 is 5.32 Å². The molecule has 1 N–H and O–H groups in total. The number of carbonyl (C=O) groups excluding carboxylic acids is 1. The number of thioether (sulfide) groups is 1. The van der Waals surface area contributed by atoms with E-state index in [1.165, 1.54) is 23.9 Å². The number of non-ortho nitro benzene ring substituents is 1. The predicted octanol–water partition coefficient (Wildman–Crippen LogP) is 2.21. The molecular formula is C11H14N2O3S. The van der Waals surface area contributed by atoms with Gasteiger partial charge in [-0.1, -0.05) is 0 Å². The van der Waals surface area contributed by atoms with Crippen LogP contribution in [0.4, 0.5) is 5.69 Å². The summed E-state index contributed by atoms with van der Waals surface area (Å²) in [5.41, 5.74) is 0.0556. The van der Waals surface area contributed by atoms with Crippen LogP contribution in [0.2, 0.25) is 0 Å². The average molecular weight is 254 g/mol. The SMILES string of the molecule is CCNC(=O)C(C)Sc1ccc([N+](=O)[O-])cc1. The standard InChI is InChI=1S/C11H14N2O3S/c1-3-12-11(14)8(2)17-10-6-4-9(5-7-10)13(15)16/h4-8H,3H2,1-2H3,(H,12,14). The average Bonchev–Trinajstić information content (AvgIpc) is 2.30. The molecular weight excluding hydrogens is 240 g/mol. The molecule has 17 heavy (non-hydrogen) atoms. The van der Waals surface area contributed by atoms with Crippen LogP contribution >= 0.6 is 11.8 Å². The summed E-state index contributed by atoms with van der Waals surface area (Å²) < 4.78 is 0. The smallest absolute Gasteiger partial charge is 0.269 e. The highest BCUT2D eigenvalue weighted by molar-refractivity contribution is 8.00. The third-order valence-corrected chi connectivity index (χ3v) is 3.19. The van der Waals surface area contributed by atoms with Crippen molar-refractivity contribution in [3.05, 3.63) is 34.4 Å². The van der Waals surface area contributed by atoms with E-state index >= 15 is 0 Å². The zero-order valence-electron chi connectivity index (χ0n) is 9.67. The molecule has 1 rings (SSSR count). The van der Waals surface area contributed by atoms with Crippen LogP contribution in [-0.4, -0.2) is 22.6 Å². The first kappa shape index (κ1) is 13.5.